The first-order valence-electron chi connectivity index (χ1n) is 13.6. The number of unbranched alkanes of at least 4 members (excludes halogenated alkanes) is 15. The molecule has 0 aromatic heterocycles. The molecule has 31 heavy (non-hydrogen) atoms. The molecule has 0 aliphatic carbocycles. The van der Waals surface area contributed by atoms with Crippen LogP contribution in [0.1, 0.15) is 149 Å². The number of carbonyl (C=O) groups is 2. The summed E-state index contributed by atoms with van der Waals surface area (Å²) in [5.41, 5.74) is 1.23. The van der Waals surface area contributed by atoms with Crippen LogP contribution < -0.4 is 0 Å². The quantitative estimate of drug-likeness (QED) is 0.110. The van der Waals surface area contributed by atoms with E-state index in [0.717, 1.165) is 19.3 Å². The van der Waals surface area contributed by atoms with E-state index in [1.54, 1.807) is 4.90 Å². The van der Waals surface area contributed by atoms with Crippen LogP contribution in [0, 0.1) is 0 Å². The van der Waals surface area contributed by atoms with Crippen molar-refractivity contribution in [1.29, 1.82) is 0 Å². The number of rotatable bonds is 20. The van der Waals surface area contributed by atoms with Crippen LogP contribution in [0.25, 0.3) is 0 Å². The van der Waals surface area contributed by atoms with Crippen molar-refractivity contribution in [3.63, 3.8) is 0 Å². The minimum atomic E-state index is -0.00312. The second kappa shape index (κ2) is 18.5. The summed E-state index contributed by atoms with van der Waals surface area (Å²) in [6.45, 7) is 6.66. The van der Waals surface area contributed by atoms with Gasteiger partial charge in [-0.05, 0) is 26.2 Å². The van der Waals surface area contributed by atoms with Crippen LogP contribution in [0.3, 0.4) is 0 Å². The maximum Gasteiger partial charge on any atom is 0.230 e. The molecule has 2 amide bonds. The van der Waals surface area contributed by atoms with Crippen LogP contribution in [0.15, 0.2) is 11.6 Å². The molecule has 180 valence electrons. The third-order valence-corrected chi connectivity index (χ3v) is 6.78. The van der Waals surface area contributed by atoms with Gasteiger partial charge < -0.3 is 0 Å². The van der Waals surface area contributed by atoms with Gasteiger partial charge in [0.05, 0.1) is 6.04 Å². The van der Waals surface area contributed by atoms with Crippen LogP contribution in [0.5, 0.6) is 0 Å². The van der Waals surface area contributed by atoms with Crippen molar-refractivity contribution in [2.24, 2.45) is 0 Å². The van der Waals surface area contributed by atoms with Gasteiger partial charge in [0.15, 0.2) is 0 Å². The van der Waals surface area contributed by atoms with E-state index < -0.39 is 0 Å². The lowest BCUT2D eigenvalue weighted by Gasteiger charge is -2.27. The first-order chi connectivity index (χ1) is 15.1. The molecule has 0 aromatic carbocycles. The molecule has 0 N–H and O–H groups in total. The number of hydrogen-bond donors (Lipinski definition) is 0. The second-order valence-corrected chi connectivity index (χ2v) is 9.65. The molecule has 1 saturated heterocycles. The maximum absolute atomic E-state index is 12.4. The highest BCUT2D eigenvalue weighted by Crippen LogP contribution is 2.25. The van der Waals surface area contributed by atoms with E-state index in [9.17, 15) is 9.59 Å². The summed E-state index contributed by atoms with van der Waals surface area (Å²) in [5, 5.41) is 0. The Bertz CT molecular complexity index is 495. The number of carbonyl (C=O) groups excluding carboxylic acids is 2. The third kappa shape index (κ3) is 12.5. The molecule has 3 heteroatoms. The van der Waals surface area contributed by atoms with Gasteiger partial charge in [-0.1, -0.05) is 122 Å². The molecular formula is C28H51NO2. The summed E-state index contributed by atoms with van der Waals surface area (Å²) in [6.07, 6.45) is 26.0. The minimum absolute atomic E-state index is 0.00312. The van der Waals surface area contributed by atoms with Gasteiger partial charge in [0.1, 0.15) is 0 Å². The van der Waals surface area contributed by atoms with Gasteiger partial charge in [-0.3, -0.25) is 14.5 Å². The predicted molar refractivity (Wildman–Crippen MR) is 133 cm³/mol. The van der Waals surface area contributed by atoms with Gasteiger partial charge in [0.25, 0.3) is 0 Å². The average molecular weight is 434 g/mol. The van der Waals surface area contributed by atoms with Crippen LogP contribution in [0.4, 0.5) is 0 Å². The van der Waals surface area contributed by atoms with Crippen molar-refractivity contribution in [1.82, 2.24) is 4.90 Å². The van der Waals surface area contributed by atoms with Gasteiger partial charge >= 0.3 is 0 Å². The van der Waals surface area contributed by atoms with Crippen molar-refractivity contribution < 1.29 is 9.59 Å². The molecule has 0 aromatic rings. The van der Waals surface area contributed by atoms with Gasteiger partial charge in [-0.25, -0.2) is 0 Å². The molecule has 1 atom stereocenters. The molecule has 1 heterocycles. The first-order valence-corrected chi connectivity index (χ1v) is 13.6. The first kappa shape index (κ1) is 27.9. The Labute approximate surface area is 193 Å². The van der Waals surface area contributed by atoms with E-state index in [1.807, 2.05) is 0 Å². The largest absolute Gasteiger partial charge is 0.275 e. The molecule has 0 radical (unpaired) electrons. The second-order valence-electron chi connectivity index (χ2n) is 9.65. The topological polar surface area (TPSA) is 37.4 Å². The SMILES string of the molecule is CCCCCCCCCC/C=C(\C)C(CCCCCCCCCC)N1C(=O)CCC1=O. The van der Waals surface area contributed by atoms with Crippen molar-refractivity contribution in [3.05, 3.63) is 11.6 Å². The van der Waals surface area contributed by atoms with Gasteiger partial charge in [-0.15, -0.1) is 0 Å². The minimum Gasteiger partial charge on any atom is -0.275 e. The lowest BCUT2D eigenvalue weighted by Crippen LogP contribution is -2.40. The fraction of sp³-hybridized carbons (Fsp3) is 0.857. The Hall–Kier alpha value is -1.12. The van der Waals surface area contributed by atoms with Crippen molar-refractivity contribution in [3.8, 4) is 0 Å². The molecule has 0 bridgehead atoms. The Kier molecular flexibility index (Phi) is 16.6. The summed E-state index contributed by atoms with van der Waals surface area (Å²) in [5.74, 6) is 0.0730. The van der Waals surface area contributed by atoms with Gasteiger partial charge in [-0.2, -0.15) is 0 Å². The van der Waals surface area contributed by atoms with Crippen LogP contribution in [-0.4, -0.2) is 22.8 Å². The molecule has 1 fully saturated rings. The standard InChI is InChI=1S/C28H51NO2/c1-4-6-8-10-12-14-15-17-19-21-25(3)26(29-27(30)23-24-28(29)31)22-20-18-16-13-11-9-7-5-2/h21,26H,4-20,22-24H2,1-3H3/b25-21+. The zero-order valence-electron chi connectivity index (χ0n) is 21.1. The number of imide groups is 1. The van der Waals surface area contributed by atoms with Crippen molar-refractivity contribution in [2.45, 2.75) is 155 Å². The van der Waals surface area contributed by atoms with E-state index in [0.29, 0.717) is 12.8 Å². The van der Waals surface area contributed by atoms with Crippen molar-refractivity contribution >= 4 is 11.8 Å². The van der Waals surface area contributed by atoms with E-state index >= 15 is 0 Å². The van der Waals surface area contributed by atoms with Gasteiger partial charge in [0.2, 0.25) is 11.8 Å². The molecule has 3 nitrogen and oxygen atoms in total. The van der Waals surface area contributed by atoms with Crippen molar-refractivity contribution in [2.75, 3.05) is 0 Å². The highest BCUT2D eigenvalue weighted by Gasteiger charge is 2.35. The zero-order valence-corrected chi connectivity index (χ0v) is 21.1. The van der Waals surface area contributed by atoms with E-state index in [1.165, 1.54) is 102 Å². The van der Waals surface area contributed by atoms with Crippen LogP contribution in [0.2, 0.25) is 0 Å². The average Bonchev–Trinajstić information content (AvgIpc) is 3.09. The molecule has 1 aliphatic rings. The molecule has 0 saturated carbocycles. The lowest BCUT2D eigenvalue weighted by molar-refractivity contribution is -0.140. The summed E-state index contributed by atoms with van der Waals surface area (Å²) in [6, 6.07) is -0.00312. The molecule has 1 aliphatic heterocycles. The highest BCUT2D eigenvalue weighted by atomic mass is 16.2. The van der Waals surface area contributed by atoms with Crippen LogP contribution in [-0.2, 0) is 9.59 Å². The highest BCUT2D eigenvalue weighted by molar-refractivity contribution is 6.02. The third-order valence-electron chi connectivity index (χ3n) is 6.78. The molecule has 1 rings (SSSR count). The Morgan fingerprint density at radius 3 is 1.61 bits per heavy atom. The lowest BCUT2D eigenvalue weighted by atomic mass is 9.97. The Morgan fingerprint density at radius 2 is 1.13 bits per heavy atom. The van der Waals surface area contributed by atoms with E-state index in [-0.39, 0.29) is 17.9 Å². The molecular weight excluding hydrogens is 382 g/mol. The number of allylic oxidation sites excluding steroid dienone is 1. The molecule has 0 spiro atoms. The summed E-state index contributed by atoms with van der Waals surface area (Å²) in [7, 11) is 0. The van der Waals surface area contributed by atoms with Gasteiger partial charge in [0, 0.05) is 12.8 Å². The van der Waals surface area contributed by atoms with Crippen LogP contribution >= 0.6 is 0 Å². The maximum atomic E-state index is 12.4. The summed E-state index contributed by atoms with van der Waals surface area (Å²) in [4.78, 5) is 26.3. The Morgan fingerprint density at radius 1 is 0.710 bits per heavy atom. The van der Waals surface area contributed by atoms with E-state index in [2.05, 4.69) is 26.8 Å². The smallest absolute Gasteiger partial charge is 0.230 e. The normalized spacial score (nSPS) is 15.8. The number of hydrogen-bond acceptors (Lipinski definition) is 2. The fourth-order valence-electron chi connectivity index (χ4n) is 4.72. The predicted octanol–water partition coefficient (Wildman–Crippen LogP) is 8.51. The fourth-order valence-corrected chi connectivity index (χ4v) is 4.72. The molecule has 1 unspecified atom stereocenters. The number of likely N-dealkylation sites (tertiary alicyclic amines) is 1. The van der Waals surface area contributed by atoms with E-state index in [4.69, 9.17) is 0 Å². The number of nitrogens with zero attached hydrogens (tertiary/aromatic N) is 1. The zero-order chi connectivity index (χ0) is 22.7. The Balaban J connectivity index is 2.38. The summed E-state index contributed by atoms with van der Waals surface area (Å²) < 4.78 is 0. The summed E-state index contributed by atoms with van der Waals surface area (Å²) >= 11 is 0. The monoisotopic (exact) mass is 433 g/mol. The number of amides is 2.